The largest absolute Gasteiger partial charge is 0.374 e. The van der Waals surface area contributed by atoms with Crippen LogP contribution in [0.1, 0.15) is 39.0 Å². The van der Waals surface area contributed by atoms with Gasteiger partial charge in [0, 0.05) is 24.9 Å². The van der Waals surface area contributed by atoms with E-state index < -0.39 is 0 Å². The second-order valence-corrected chi connectivity index (χ2v) is 8.62. The minimum absolute atomic E-state index is 0.217. The number of likely N-dealkylation sites (tertiary alicyclic amines) is 1. The van der Waals surface area contributed by atoms with E-state index in [2.05, 4.69) is 35.9 Å². The molecule has 2 atom stereocenters. The highest BCUT2D eigenvalue weighted by molar-refractivity contribution is 7.99. The molecule has 3 rings (SSSR count). The SMILES string of the molecule is CN1CCC(C)(CNC2CCOC3(CCSC3)C2)CC1. The molecule has 20 heavy (non-hydrogen) atoms. The highest BCUT2D eigenvalue weighted by Crippen LogP contribution is 2.38. The Morgan fingerprint density at radius 1 is 1.30 bits per heavy atom. The van der Waals surface area contributed by atoms with Gasteiger partial charge in [-0.3, -0.25) is 0 Å². The van der Waals surface area contributed by atoms with E-state index in [1.165, 1.54) is 63.2 Å². The Bertz CT molecular complexity index is 322. The predicted octanol–water partition coefficient (Wildman–Crippen LogP) is 2.36. The second kappa shape index (κ2) is 6.15. The van der Waals surface area contributed by atoms with E-state index in [-0.39, 0.29) is 5.60 Å². The second-order valence-electron chi connectivity index (χ2n) is 7.52. The summed E-state index contributed by atoms with van der Waals surface area (Å²) >= 11 is 2.07. The molecule has 3 saturated heterocycles. The first kappa shape index (κ1) is 15.1. The van der Waals surface area contributed by atoms with Gasteiger partial charge in [0.25, 0.3) is 0 Å². The van der Waals surface area contributed by atoms with Crippen LogP contribution in [-0.4, -0.2) is 61.3 Å². The average molecular weight is 298 g/mol. The van der Waals surface area contributed by atoms with Gasteiger partial charge in [0.1, 0.15) is 0 Å². The summed E-state index contributed by atoms with van der Waals surface area (Å²) < 4.78 is 6.12. The average Bonchev–Trinajstić information content (AvgIpc) is 2.89. The van der Waals surface area contributed by atoms with Gasteiger partial charge in [-0.25, -0.2) is 0 Å². The van der Waals surface area contributed by atoms with Crippen molar-refractivity contribution in [2.24, 2.45) is 5.41 Å². The van der Waals surface area contributed by atoms with E-state index in [1.54, 1.807) is 0 Å². The number of thioether (sulfide) groups is 1. The van der Waals surface area contributed by atoms with Crippen molar-refractivity contribution >= 4 is 11.8 Å². The Kier molecular flexibility index (Phi) is 4.66. The molecule has 2 unspecified atom stereocenters. The normalized spacial score (nSPS) is 38.4. The Balaban J connectivity index is 1.48. The maximum absolute atomic E-state index is 6.12. The van der Waals surface area contributed by atoms with Crippen molar-refractivity contribution < 1.29 is 4.74 Å². The summed E-state index contributed by atoms with van der Waals surface area (Å²) in [5.74, 6) is 2.50. The molecule has 0 amide bonds. The van der Waals surface area contributed by atoms with Crippen LogP contribution in [0.15, 0.2) is 0 Å². The standard InChI is InChI=1S/C16H30N2OS/c1-15(4-7-18(2)8-5-15)12-17-14-3-9-19-16(11-14)6-10-20-13-16/h14,17H,3-13H2,1-2H3. The summed E-state index contributed by atoms with van der Waals surface area (Å²) in [4.78, 5) is 2.46. The van der Waals surface area contributed by atoms with Crippen LogP contribution in [0, 0.1) is 5.41 Å². The van der Waals surface area contributed by atoms with Crippen LogP contribution in [0.2, 0.25) is 0 Å². The predicted molar refractivity (Wildman–Crippen MR) is 86.5 cm³/mol. The summed E-state index contributed by atoms with van der Waals surface area (Å²) in [6, 6.07) is 0.680. The van der Waals surface area contributed by atoms with Gasteiger partial charge in [-0.05, 0) is 63.4 Å². The fraction of sp³-hybridized carbons (Fsp3) is 1.00. The van der Waals surface area contributed by atoms with Crippen molar-refractivity contribution in [3.05, 3.63) is 0 Å². The number of hydrogen-bond donors (Lipinski definition) is 1. The molecule has 0 aromatic carbocycles. The molecule has 116 valence electrons. The summed E-state index contributed by atoms with van der Waals surface area (Å²) in [6.07, 6.45) is 6.36. The summed E-state index contributed by atoms with van der Waals surface area (Å²) in [5, 5.41) is 3.89. The van der Waals surface area contributed by atoms with Crippen LogP contribution >= 0.6 is 11.8 Å². The zero-order valence-corrected chi connectivity index (χ0v) is 13.9. The molecule has 3 aliphatic heterocycles. The van der Waals surface area contributed by atoms with Gasteiger partial charge in [-0.1, -0.05) is 6.92 Å². The van der Waals surface area contributed by atoms with Gasteiger partial charge < -0.3 is 15.0 Å². The fourth-order valence-corrected chi connectivity index (χ4v) is 5.17. The molecule has 0 aliphatic carbocycles. The third-order valence-electron chi connectivity index (χ3n) is 5.57. The highest BCUT2D eigenvalue weighted by atomic mass is 32.2. The Hall–Kier alpha value is 0.230. The lowest BCUT2D eigenvalue weighted by molar-refractivity contribution is -0.0714. The molecule has 1 spiro atoms. The lowest BCUT2D eigenvalue weighted by atomic mass is 9.80. The van der Waals surface area contributed by atoms with Crippen molar-refractivity contribution in [1.82, 2.24) is 10.2 Å². The number of rotatable bonds is 3. The first-order chi connectivity index (χ1) is 9.59. The first-order valence-corrected chi connectivity index (χ1v) is 9.38. The lowest BCUT2D eigenvalue weighted by Gasteiger charge is -2.42. The zero-order chi connectivity index (χ0) is 14.1. The number of ether oxygens (including phenoxy) is 1. The zero-order valence-electron chi connectivity index (χ0n) is 13.1. The first-order valence-electron chi connectivity index (χ1n) is 8.23. The van der Waals surface area contributed by atoms with Crippen LogP contribution in [0.5, 0.6) is 0 Å². The number of piperidine rings is 1. The van der Waals surface area contributed by atoms with Gasteiger partial charge >= 0.3 is 0 Å². The molecule has 4 heteroatoms. The number of nitrogens with one attached hydrogen (secondary N) is 1. The minimum Gasteiger partial charge on any atom is -0.374 e. The third-order valence-corrected chi connectivity index (χ3v) is 6.79. The molecule has 0 bridgehead atoms. The van der Waals surface area contributed by atoms with E-state index in [4.69, 9.17) is 4.74 Å². The highest BCUT2D eigenvalue weighted by Gasteiger charge is 2.40. The lowest BCUT2D eigenvalue weighted by Crippen LogP contribution is -2.50. The van der Waals surface area contributed by atoms with Crippen LogP contribution in [0.4, 0.5) is 0 Å². The van der Waals surface area contributed by atoms with Gasteiger partial charge in [0.15, 0.2) is 0 Å². The van der Waals surface area contributed by atoms with Crippen LogP contribution < -0.4 is 5.32 Å². The molecular weight excluding hydrogens is 268 g/mol. The maximum atomic E-state index is 6.12. The molecule has 3 heterocycles. The third kappa shape index (κ3) is 3.52. The molecule has 0 aromatic rings. The Morgan fingerprint density at radius 2 is 2.10 bits per heavy atom. The Labute approximate surface area is 128 Å². The van der Waals surface area contributed by atoms with E-state index in [0.29, 0.717) is 11.5 Å². The smallest absolute Gasteiger partial charge is 0.0795 e. The number of nitrogens with zero attached hydrogens (tertiary/aromatic N) is 1. The number of hydrogen-bond acceptors (Lipinski definition) is 4. The van der Waals surface area contributed by atoms with E-state index in [0.717, 1.165) is 6.61 Å². The molecule has 0 radical (unpaired) electrons. The topological polar surface area (TPSA) is 24.5 Å². The van der Waals surface area contributed by atoms with Crippen molar-refractivity contribution in [1.29, 1.82) is 0 Å². The molecule has 0 aromatic heterocycles. The summed E-state index contributed by atoms with van der Waals surface area (Å²) in [6.45, 7) is 7.12. The molecule has 0 saturated carbocycles. The van der Waals surface area contributed by atoms with Crippen molar-refractivity contribution in [2.45, 2.75) is 50.7 Å². The molecule has 3 fully saturated rings. The quantitative estimate of drug-likeness (QED) is 0.864. The van der Waals surface area contributed by atoms with Crippen molar-refractivity contribution in [3.8, 4) is 0 Å². The van der Waals surface area contributed by atoms with Crippen LogP contribution in [0.25, 0.3) is 0 Å². The summed E-state index contributed by atoms with van der Waals surface area (Å²) in [7, 11) is 2.24. The molecule has 1 N–H and O–H groups in total. The van der Waals surface area contributed by atoms with Gasteiger partial charge in [0.2, 0.25) is 0 Å². The molecular formula is C16H30N2OS. The Morgan fingerprint density at radius 3 is 2.80 bits per heavy atom. The van der Waals surface area contributed by atoms with E-state index >= 15 is 0 Å². The summed E-state index contributed by atoms with van der Waals surface area (Å²) in [5.41, 5.74) is 0.719. The van der Waals surface area contributed by atoms with Gasteiger partial charge in [0.05, 0.1) is 5.60 Å². The van der Waals surface area contributed by atoms with Crippen LogP contribution in [0.3, 0.4) is 0 Å². The monoisotopic (exact) mass is 298 g/mol. The van der Waals surface area contributed by atoms with Gasteiger partial charge in [-0.15, -0.1) is 0 Å². The molecule has 3 aliphatic rings. The van der Waals surface area contributed by atoms with Gasteiger partial charge in [-0.2, -0.15) is 11.8 Å². The van der Waals surface area contributed by atoms with E-state index in [9.17, 15) is 0 Å². The fourth-order valence-electron chi connectivity index (χ4n) is 3.79. The van der Waals surface area contributed by atoms with E-state index in [1.807, 2.05) is 0 Å². The molecule has 3 nitrogen and oxygen atoms in total. The minimum atomic E-state index is 0.217. The van der Waals surface area contributed by atoms with Crippen molar-refractivity contribution in [2.75, 3.05) is 44.8 Å². The van der Waals surface area contributed by atoms with Crippen molar-refractivity contribution in [3.63, 3.8) is 0 Å². The van der Waals surface area contributed by atoms with Crippen LogP contribution in [-0.2, 0) is 4.74 Å². The maximum Gasteiger partial charge on any atom is 0.0795 e.